The van der Waals surface area contributed by atoms with Gasteiger partial charge < -0.3 is 16.0 Å². The summed E-state index contributed by atoms with van der Waals surface area (Å²) in [5.74, 6) is 1.88. The minimum absolute atomic E-state index is 0. The SMILES string of the molecule is Cl.N[C@H]1CCN(c2nc3ccccc3nc2NC2CC2)C1. The lowest BCUT2D eigenvalue weighted by Gasteiger charge is -2.20. The van der Waals surface area contributed by atoms with Crippen molar-refractivity contribution in [3.8, 4) is 0 Å². The minimum atomic E-state index is 0. The van der Waals surface area contributed by atoms with Crippen LogP contribution in [0.1, 0.15) is 19.3 Å². The molecule has 2 heterocycles. The van der Waals surface area contributed by atoms with Crippen molar-refractivity contribution in [1.82, 2.24) is 9.97 Å². The Balaban J connectivity index is 0.00000132. The molecule has 1 saturated heterocycles. The van der Waals surface area contributed by atoms with Crippen LogP contribution in [0.5, 0.6) is 0 Å². The summed E-state index contributed by atoms with van der Waals surface area (Å²) in [6.07, 6.45) is 3.48. The van der Waals surface area contributed by atoms with Crippen molar-refractivity contribution in [2.45, 2.75) is 31.3 Å². The number of aromatic nitrogens is 2. The average Bonchev–Trinajstić information content (AvgIpc) is 3.17. The number of rotatable bonds is 3. The minimum Gasteiger partial charge on any atom is -0.364 e. The van der Waals surface area contributed by atoms with Gasteiger partial charge in [0.25, 0.3) is 0 Å². The van der Waals surface area contributed by atoms with E-state index in [4.69, 9.17) is 15.7 Å². The molecule has 5 nitrogen and oxygen atoms in total. The number of nitrogens with one attached hydrogen (secondary N) is 1. The number of para-hydroxylation sites is 2. The Hall–Kier alpha value is -1.59. The number of hydrogen-bond acceptors (Lipinski definition) is 5. The van der Waals surface area contributed by atoms with E-state index in [9.17, 15) is 0 Å². The zero-order chi connectivity index (χ0) is 13.5. The maximum atomic E-state index is 6.03. The first-order valence-electron chi connectivity index (χ1n) is 7.33. The maximum absolute atomic E-state index is 6.03. The van der Waals surface area contributed by atoms with Crippen molar-refractivity contribution < 1.29 is 0 Å². The molecule has 2 aromatic rings. The number of nitrogens with two attached hydrogens (primary N) is 1. The molecule has 1 saturated carbocycles. The van der Waals surface area contributed by atoms with Crippen molar-refractivity contribution in [3.05, 3.63) is 24.3 Å². The summed E-state index contributed by atoms with van der Waals surface area (Å²) in [5, 5.41) is 3.51. The number of benzene rings is 1. The fraction of sp³-hybridized carbons (Fsp3) is 0.467. The first kappa shape index (κ1) is 14.4. The molecule has 0 amide bonds. The van der Waals surface area contributed by atoms with Crippen molar-refractivity contribution >= 4 is 35.1 Å². The van der Waals surface area contributed by atoms with Gasteiger partial charge in [-0.15, -0.1) is 12.4 Å². The largest absolute Gasteiger partial charge is 0.364 e. The van der Waals surface area contributed by atoms with Crippen molar-refractivity contribution in [1.29, 1.82) is 0 Å². The molecule has 1 atom stereocenters. The van der Waals surface area contributed by atoms with E-state index in [-0.39, 0.29) is 18.4 Å². The molecule has 3 N–H and O–H groups in total. The third-order valence-corrected chi connectivity index (χ3v) is 3.99. The van der Waals surface area contributed by atoms with Crippen LogP contribution in [-0.2, 0) is 0 Å². The predicted molar refractivity (Wildman–Crippen MR) is 88.2 cm³/mol. The summed E-state index contributed by atoms with van der Waals surface area (Å²) >= 11 is 0. The van der Waals surface area contributed by atoms with Crippen molar-refractivity contribution in [3.63, 3.8) is 0 Å². The fourth-order valence-corrected chi connectivity index (χ4v) is 2.71. The lowest BCUT2D eigenvalue weighted by molar-refractivity contribution is 0.751. The van der Waals surface area contributed by atoms with E-state index < -0.39 is 0 Å². The molecule has 2 aliphatic rings. The molecule has 0 radical (unpaired) electrons. The van der Waals surface area contributed by atoms with E-state index in [1.165, 1.54) is 12.8 Å². The Morgan fingerprint density at radius 3 is 2.43 bits per heavy atom. The molecular weight excluding hydrogens is 286 g/mol. The Morgan fingerprint density at radius 2 is 1.81 bits per heavy atom. The van der Waals surface area contributed by atoms with Gasteiger partial charge >= 0.3 is 0 Å². The van der Waals surface area contributed by atoms with Crippen molar-refractivity contribution in [2.75, 3.05) is 23.3 Å². The summed E-state index contributed by atoms with van der Waals surface area (Å²) in [4.78, 5) is 11.8. The molecule has 0 bridgehead atoms. The first-order chi connectivity index (χ1) is 9.79. The zero-order valence-electron chi connectivity index (χ0n) is 11.8. The molecule has 1 aliphatic heterocycles. The van der Waals surface area contributed by atoms with Crippen LogP contribution in [0.2, 0.25) is 0 Å². The van der Waals surface area contributed by atoms with E-state index in [2.05, 4.69) is 10.2 Å². The highest BCUT2D eigenvalue weighted by Gasteiger charge is 2.27. The zero-order valence-corrected chi connectivity index (χ0v) is 12.6. The van der Waals surface area contributed by atoms with Crippen LogP contribution in [0.3, 0.4) is 0 Å². The Kier molecular flexibility index (Phi) is 3.87. The van der Waals surface area contributed by atoms with Crippen molar-refractivity contribution in [2.24, 2.45) is 5.73 Å². The van der Waals surface area contributed by atoms with Crippen LogP contribution in [0.15, 0.2) is 24.3 Å². The number of nitrogens with zero attached hydrogens (tertiary/aromatic N) is 3. The number of anilines is 2. The molecule has 2 fully saturated rings. The first-order valence-corrected chi connectivity index (χ1v) is 7.33. The second-order valence-electron chi connectivity index (χ2n) is 5.80. The van der Waals surface area contributed by atoms with Gasteiger partial charge in [0.05, 0.1) is 11.0 Å². The molecule has 4 rings (SSSR count). The van der Waals surface area contributed by atoms with Crippen LogP contribution in [-0.4, -0.2) is 35.1 Å². The smallest absolute Gasteiger partial charge is 0.172 e. The summed E-state index contributed by atoms with van der Waals surface area (Å²) in [6, 6.07) is 8.86. The van der Waals surface area contributed by atoms with Crippen LogP contribution >= 0.6 is 12.4 Å². The highest BCUT2D eigenvalue weighted by atomic mass is 35.5. The Morgan fingerprint density at radius 1 is 1.10 bits per heavy atom. The number of halogens is 1. The third kappa shape index (κ3) is 2.89. The quantitative estimate of drug-likeness (QED) is 0.909. The Bertz CT molecular complexity index is 643. The van der Waals surface area contributed by atoms with Gasteiger partial charge in [-0.3, -0.25) is 0 Å². The van der Waals surface area contributed by atoms with Gasteiger partial charge in [-0.05, 0) is 31.4 Å². The lowest BCUT2D eigenvalue weighted by Crippen LogP contribution is -2.28. The molecule has 0 unspecified atom stereocenters. The van der Waals surface area contributed by atoms with E-state index in [1.54, 1.807) is 0 Å². The summed E-state index contributed by atoms with van der Waals surface area (Å²) in [7, 11) is 0. The van der Waals surface area contributed by atoms with Gasteiger partial charge in [-0.2, -0.15) is 0 Å². The van der Waals surface area contributed by atoms with E-state index in [1.807, 2.05) is 24.3 Å². The summed E-state index contributed by atoms with van der Waals surface area (Å²) < 4.78 is 0. The van der Waals surface area contributed by atoms with Gasteiger partial charge in [0, 0.05) is 25.2 Å². The second-order valence-corrected chi connectivity index (χ2v) is 5.80. The molecule has 1 aliphatic carbocycles. The second kappa shape index (κ2) is 5.66. The van der Waals surface area contributed by atoms with E-state index in [0.717, 1.165) is 42.2 Å². The van der Waals surface area contributed by atoms with Gasteiger partial charge in [0.1, 0.15) is 0 Å². The highest BCUT2D eigenvalue weighted by Crippen LogP contribution is 2.31. The molecule has 6 heteroatoms. The molecule has 112 valence electrons. The molecule has 1 aromatic carbocycles. The van der Waals surface area contributed by atoms with E-state index in [0.29, 0.717) is 6.04 Å². The standard InChI is InChI=1S/C15H19N5.ClH/c16-10-7-8-20(9-10)15-14(17-11-5-6-11)18-12-3-1-2-4-13(12)19-15;/h1-4,10-11H,5-9,16H2,(H,17,18);1H/t10-;/m0./s1. The van der Waals surface area contributed by atoms with Crippen LogP contribution in [0.4, 0.5) is 11.6 Å². The molecule has 1 aromatic heterocycles. The normalized spacial score (nSPS) is 21.4. The highest BCUT2D eigenvalue weighted by molar-refractivity contribution is 5.85. The Labute approximate surface area is 130 Å². The van der Waals surface area contributed by atoms with Crippen LogP contribution in [0.25, 0.3) is 11.0 Å². The molecule has 0 spiro atoms. The number of hydrogen-bond donors (Lipinski definition) is 2. The molecule has 21 heavy (non-hydrogen) atoms. The fourth-order valence-electron chi connectivity index (χ4n) is 2.71. The van der Waals surface area contributed by atoms with Gasteiger partial charge in [0.15, 0.2) is 11.6 Å². The third-order valence-electron chi connectivity index (χ3n) is 3.99. The summed E-state index contributed by atoms with van der Waals surface area (Å²) in [6.45, 7) is 1.83. The molecular formula is C15H20ClN5. The monoisotopic (exact) mass is 305 g/mol. The van der Waals surface area contributed by atoms with Crippen LogP contribution < -0.4 is 16.0 Å². The topological polar surface area (TPSA) is 67.1 Å². The van der Waals surface area contributed by atoms with Crippen LogP contribution in [0, 0.1) is 0 Å². The maximum Gasteiger partial charge on any atom is 0.172 e. The van der Waals surface area contributed by atoms with Gasteiger partial charge in [0.2, 0.25) is 0 Å². The lowest BCUT2D eigenvalue weighted by atomic mass is 10.3. The summed E-state index contributed by atoms with van der Waals surface area (Å²) in [5.41, 5.74) is 7.92. The van der Waals surface area contributed by atoms with Gasteiger partial charge in [-0.1, -0.05) is 12.1 Å². The average molecular weight is 306 g/mol. The number of fused-ring (bicyclic) bond motifs is 1. The predicted octanol–water partition coefficient (Wildman–Crippen LogP) is 2.16. The van der Waals surface area contributed by atoms with E-state index >= 15 is 0 Å². The van der Waals surface area contributed by atoms with Gasteiger partial charge in [-0.25, -0.2) is 9.97 Å².